The average molecular weight is 252 g/mol. The first-order valence-corrected chi connectivity index (χ1v) is 7.24. The van der Waals surface area contributed by atoms with Gasteiger partial charge >= 0.3 is 5.97 Å². The van der Waals surface area contributed by atoms with E-state index < -0.39 is 5.97 Å². The molecule has 0 radical (unpaired) electrons. The van der Waals surface area contributed by atoms with E-state index in [0.717, 1.165) is 11.3 Å². The van der Waals surface area contributed by atoms with Crippen LogP contribution in [0.15, 0.2) is 30.3 Å². The first kappa shape index (κ1) is 14.1. The zero-order chi connectivity index (χ0) is 12.5. The predicted octanol–water partition coefficient (Wildman–Crippen LogP) is 3.46. The van der Waals surface area contributed by atoms with E-state index in [4.69, 9.17) is 0 Å². The second-order valence-electron chi connectivity index (χ2n) is 4.15. The zero-order valence-electron chi connectivity index (χ0n) is 10.3. The fraction of sp³-hybridized carbons (Fsp3) is 0.500. The highest BCUT2D eigenvalue weighted by molar-refractivity contribution is 7.99. The van der Waals surface area contributed by atoms with Crippen molar-refractivity contribution in [1.29, 1.82) is 0 Å². The zero-order valence-corrected chi connectivity index (χ0v) is 11.1. The summed E-state index contributed by atoms with van der Waals surface area (Å²) in [6, 6.07) is 9.85. The molecule has 0 heterocycles. The minimum absolute atomic E-state index is 0.265. The fourth-order valence-corrected chi connectivity index (χ4v) is 2.79. The van der Waals surface area contributed by atoms with Crippen molar-refractivity contribution in [3.8, 4) is 0 Å². The second-order valence-corrected chi connectivity index (χ2v) is 5.30. The molecule has 1 rings (SSSR count). The highest BCUT2D eigenvalue weighted by Gasteiger charge is 2.17. The lowest BCUT2D eigenvalue weighted by Crippen LogP contribution is -2.19. The van der Waals surface area contributed by atoms with Crippen LogP contribution in [0.2, 0.25) is 0 Å². The van der Waals surface area contributed by atoms with E-state index in [1.807, 2.05) is 30.3 Å². The van der Waals surface area contributed by atoms with Gasteiger partial charge in [-0.2, -0.15) is 11.8 Å². The molecule has 94 valence electrons. The first-order chi connectivity index (χ1) is 8.24. The number of aliphatic carboxylic acids is 1. The van der Waals surface area contributed by atoms with Crippen LogP contribution in [0, 0.1) is 5.92 Å². The average Bonchev–Trinajstić information content (AvgIpc) is 2.34. The van der Waals surface area contributed by atoms with E-state index in [9.17, 15) is 9.90 Å². The van der Waals surface area contributed by atoms with E-state index in [2.05, 4.69) is 6.92 Å². The maximum Gasteiger partial charge on any atom is 0.307 e. The predicted molar refractivity (Wildman–Crippen MR) is 73.5 cm³/mol. The van der Waals surface area contributed by atoms with Crippen LogP contribution < -0.4 is 0 Å². The Kier molecular flexibility index (Phi) is 6.78. The van der Waals surface area contributed by atoms with E-state index in [0.29, 0.717) is 12.2 Å². The lowest BCUT2D eigenvalue weighted by Gasteiger charge is -2.11. The van der Waals surface area contributed by atoms with Gasteiger partial charge in [-0.3, -0.25) is 4.79 Å². The number of unbranched alkanes of at least 4 members (excludes halogenated alkanes) is 1. The van der Waals surface area contributed by atoms with Crippen LogP contribution >= 0.6 is 11.8 Å². The normalized spacial score (nSPS) is 12.3. The van der Waals surface area contributed by atoms with Crippen molar-refractivity contribution in [2.75, 3.05) is 11.5 Å². The molecule has 1 unspecified atom stereocenters. The third kappa shape index (κ3) is 5.78. The van der Waals surface area contributed by atoms with Crippen molar-refractivity contribution in [3.05, 3.63) is 35.9 Å². The SMILES string of the molecule is CCCCSCC(Cc1ccccc1)C(=O)O. The van der Waals surface area contributed by atoms with Gasteiger partial charge in [0.1, 0.15) is 0 Å². The summed E-state index contributed by atoms with van der Waals surface area (Å²) in [6.07, 6.45) is 2.97. The molecule has 0 spiro atoms. The molecule has 0 aliphatic rings. The van der Waals surface area contributed by atoms with Crippen molar-refractivity contribution < 1.29 is 9.90 Å². The summed E-state index contributed by atoms with van der Waals surface area (Å²) < 4.78 is 0. The maximum absolute atomic E-state index is 11.2. The van der Waals surface area contributed by atoms with Crippen LogP contribution in [0.3, 0.4) is 0 Å². The number of carboxylic acids is 1. The van der Waals surface area contributed by atoms with Gasteiger partial charge in [-0.15, -0.1) is 0 Å². The van der Waals surface area contributed by atoms with Gasteiger partial charge in [0.05, 0.1) is 5.92 Å². The smallest absolute Gasteiger partial charge is 0.307 e. The number of rotatable bonds is 8. The minimum atomic E-state index is -0.683. The second kappa shape index (κ2) is 8.18. The van der Waals surface area contributed by atoms with E-state index in [-0.39, 0.29) is 5.92 Å². The van der Waals surface area contributed by atoms with Gasteiger partial charge in [0.15, 0.2) is 0 Å². The van der Waals surface area contributed by atoms with E-state index in [1.165, 1.54) is 12.8 Å². The standard InChI is InChI=1S/C14H20O2S/c1-2-3-9-17-11-13(14(15)16)10-12-7-5-4-6-8-12/h4-8,13H,2-3,9-11H2,1H3,(H,15,16). The fourth-order valence-electron chi connectivity index (χ4n) is 1.59. The quantitative estimate of drug-likeness (QED) is 0.720. The Labute approximate surface area is 107 Å². The van der Waals surface area contributed by atoms with Gasteiger partial charge in [0.25, 0.3) is 0 Å². The van der Waals surface area contributed by atoms with Crippen LogP contribution in [-0.2, 0) is 11.2 Å². The summed E-state index contributed by atoms with van der Waals surface area (Å²) in [5.41, 5.74) is 1.11. The molecule has 1 N–H and O–H groups in total. The third-order valence-electron chi connectivity index (χ3n) is 2.64. The van der Waals surface area contributed by atoms with Crippen molar-refractivity contribution in [2.24, 2.45) is 5.92 Å². The summed E-state index contributed by atoms with van der Waals surface area (Å²) in [5.74, 6) is 0.830. The van der Waals surface area contributed by atoms with Gasteiger partial charge in [0, 0.05) is 5.75 Å². The summed E-state index contributed by atoms with van der Waals surface area (Å²) in [6.45, 7) is 2.15. The maximum atomic E-state index is 11.2. The van der Waals surface area contributed by atoms with Gasteiger partial charge < -0.3 is 5.11 Å². The number of carbonyl (C=O) groups is 1. The Hall–Kier alpha value is -0.960. The number of hydrogen-bond donors (Lipinski definition) is 1. The van der Waals surface area contributed by atoms with Gasteiger partial charge in [0.2, 0.25) is 0 Å². The Balaban J connectivity index is 2.41. The lowest BCUT2D eigenvalue weighted by molar-refractivity contribution is -0.140. The number of carboxylic acid groups (broad SMARTS) is 1. The van der Waals surface area contributed by atoms with Gasteiger partial charge in [-0.05, 0) is 24.2 Å². The Morgan fingerprint density at radius 2 is 2.06 bits per heavy atom. The summed E-state index contributed by atoms with van der Waals surface area (Å²) in [4.78, 5) is 11.2. The van der Waals surface area contributed by atoms with Gasteiger partial charge in [-0.25, -0.2) is 0 Å². The molecule has 17 heavy (non-hydrogen) atoms. The van der Waals surface area contributed by atoms with Crippen LogP contribution in [-0.4, -0.2) is 22.6 Å². The van der Waals surface area contributed by atoms with Crippen LogP contribution in [0.25, 0.3) is 0 Å². The molecule has 0 amide bonds. The minimum Gasteiger partial charge on any atom is -0.481 e. The molecule has 0 aromatic heterocycles. The first-order valence-electron chi connectivity index (χ1n) is 6.08. The van der Waals surface area contributed by atoms with E-state index in [1.54, 1.807) is 11.8 Å². The molecular weight excluding hydrogens is 232 g/mol. The third-order valence-corrected chi connectivity index (χ3v) is 3.85. The van der Waals surface area contributed by atoms with Gasteiger partial charge in [-0.1, -0.05) is 43.7 Å². The van der Waals surface area contributed by atoms with Crippen LogP contribution in [0.1, 0.15) is 25.3 Å². The van der Waals surface area contributed by atoms with E-state index >= 15 is 0 Å². The number of thioether (sulfide) groups is 1. The molecule has 0 aliphatic carbocycles. The van der Waals surface area contributed by atoms with Crippen molar-refractivity contribution in [2.45, 2.75) is 26.2 Å². The molecule has 0 aliphatic heterocycles. The summed E-state index contributed by atoms with van der Waals surface area (Å²) >= 11 is 1.75. The highest BCUT2D eigenvalue weighted by Crippen LogP contribution is 2.16. The monoisotopic (exact) mass is 252 g/mol. The molecule has 1 aromatic carbocycles. The molecule has 0 bridgehead atoms. The van der Waals surface area contributed by atoms with Crippen molar-refractivity contribution >= 4 is 17.7 Å². The molecule has 0 saturated carbocycles. The molecule has 2 nitrogen and oxygen atoms in total. The topological polar surface area (TPSA) is 37.3 Å². The van der Waals surface area contributed by atoms with Crippen LogP contribution in [0.5, 0.6) is 0 Å². The molecule has 1 aromatic rings. The molecule has 1 atom stereocenters. The largest absolute Gasteiger partial charge is 0.481 e. The van der Waals surface area contributed by atoms with Crippen LogP contribution in [0.4, 0.5) is 0 Å². The Morgan fingerprint density at radius 1 is 1.35 bits per heavy atom. The van der Waals surface area contributed by atoms with Crippen molar-refractivity contribution in [3.63, 3.8) is 0 Å². The molecule has 3 heteroatoms. The molecule has 0 saturated heterocycles. The molecular formula is C14H20O2S. The Morgan fingerprint density at radius 3 is 2.65 bits per heavy atom. The molecule has 0 fully saturated rings. The Bertz CT molecular complexity index is 324. The summed E-state index contributed by atoms with van der Waals surface area (Å²) in [7, 11) is 0. The lowest BCUT2D eigenvalue weighted by atomic mass is 10.0. The number of benzene rings is 1. The highest BCUT2D eigenvalue weighted by atomic mass is 32.2. The van der Waals surface area contributed by atoms with Crippen molar-refractivity contribution in [1.82, 2.24) is 0 Å². The number of hydrogen-bond acceptors (Lipinski definition) is 2. The summed E-state index contributed by atoms with van der Waals surface area (Å²) in [5, 5.41) is 9.18.